The SMILES string of the molecule is NCCc1cnc2c(n1)CCS(=O)(=O)C2. The second-order valence-electron chi connectivity index (χ2n) is 3.64. The van der Waals surface area contributed by atoms with E-state index in [0.29, 0.717) is 25.1 Å². The van der Waals surface area contributed by atoms with E-state index in [1.807, 2.05) is 0 Å². The maximum atomic E-state index is 11.3. The number of aromatic nitrogens is 2. The number of hydrogen-bond acceptors (Lipinski definition) is 5. The summed E-state index contributed by atoms with van der Waals surface area (Å²) >= 11 is 0. The summed E-state index contributed by atoms with van der Waals surface area (Å²) in [5, 5.41) is 0. The first-order valence-electron chi connectivity index (χ1n) is 4.85. The maximum absolute atomic E-state index is 11.3. The molecular weight excluding hydrogens is 214 g/mol. The molecule has 0 aromatic carbocycles. The minimum absolute atomic E-state index is 0.0260. The van der Waals surface area contributed by atoms with Crippen LogP contribution in [0.1, 0.15) is 17.1 Å². The highest BCUT2D eigenvalue weighted by atomic mass is 32.2. The van der Waals surface area contributed by atoms with Gasteiger partial charge >= 0.3 is 0 Å². The van der Waals surface area contributed by atoms with Crippen molar-refractivity contribution in [3.05, 3.63) is 23.3 Å². The lowest BCUT2D eigenvalue weighted by Crippen LogP contribution is -2.22. The van der Waals surface area contributed by atoms with Crippen LogP contribution in [0.15, 0.2) is 6.20 Å². The van der Waals surface area contributed by atoms with E-state index in [-0.39, 0.29) is 11.5 Å². The zero-order valence-corrected chi connectivity index (χ0v) is 9.13. The topological polar surface area (TPSA) is 85.9 Å². The van der Waals surface area contributed by atoms with E-state index in [9.17, 15) is 8.42 Å². The van der Waals surface area contributed by atoms with Gasteiger partial charge in [-0.25, -0.2) is 8.42 Å². The third-order valence-corrected chi connectivity index (χ3v) is 3.93. The average Bonchev–Trinajstić information content (AvgIpc) is 2.18. The zero-order chi connectivity index (χ0) is 10.9. The van der Waals surface area contributed by atoms with Crippen molar-refractivity contribution in [3.63, 3.8) is 0 Å². The van der Waals surface area contributed by atoms with Crippen molar-refractivity contribution in [2.75, 3.05) is 12.3 Å². The Kier molecular flexibility index (Phi) is 2.70. The number of aryl methyl sites for hydroxylation is 1. The van der Waals surface area contributed by atoms with Gasteiger partial charge in [-0.15, -0.1) is 0 Å². The molecule has 6 heteroatoms. The van der Waals surface area contributed by atoms with Crippen LogP contribution in [0.3, 0.4) is 0 Å². The minimum atomic E-state index is -2.95. The fraction of sp³-hybridized carbons (Fsp3) is 0.556. The van der Waals surface area contributed by atoms with Gasteiger partial charge in [0.1, 0.15) is 0 Å². The van der Waals surface area contributed by atoms with Gasteiger partial charge in [0.2, 0.25) is 0 Å². The van der Waals surface area contributed by atoms with Crippen molar-refractivity contribution in [3.8, 4) is 0 Å². The van der Waals surface area contributed by atoms with Crippen molar-refractivity contribution in [2.45, 2.75) is 18.6 Å². The predicted octanol–water partition coefficient (Wildman–Crippen LogP) is -0.551. The first-order chi connectivity index (χ1) is 7.11. The molecule has 1 aliphatic heterocycles. The Balaban J connectivity index is 2.32. The van der Waals surface area contributed by atoms with Gasteiger partial charge in [0.15, 0.2) is 9.84 Å². The monoisotopic (exact) mass is 227 g/mol. The summed E-state index contributed by atoms with van der Waals surface area (Å²) in [7, 11) is -2.95. The molecule has 2 N–H and O–H groups in total. The lowest BCUT2D eigenvalue weighted by molar-refractivity contribution is 0.589. The summed E-state index contributed by atoms with van der Waals surface area (Å²) in [5.41, 5.74) is 7.67. The van der Waals surface area contributed by atoms with Gasteiger partial charge in [-0.3, -0.25) is 9.97 Å². The van der Waals surface area contributed by atoms with Gasteiger partial charge in [0.25, 0.3) is 0 Å². The number of sulfone groups is 1. The second-order valence-corrected chi connectivity index (χ2v) is 5.82. The van der Waals surface area contributed by atoms with Crippen LogP contribution in [0.5, 0.6) is 0 Å². The van der Waals surface area contributed by atoms with Crippen LogP contribution in [0.2, 0.25) is 0 Å². The molecule has 5 nitrogen and oxygen atoms in total. The molecule has 0 amide bonds. The average molecular weight is 227 g/mol. The van der Waals surface area contributed by atoms with Crippen molar-refractivity contribution in [2.24, 2.45) is 5.73 Å². The van der Waals surface area contributed by atoms with Gasteiger partial charge < -0.3 is 5.73 Å². The molecule has 15 heavy (non-hydrogen) atoms. The van der Waals surface area contributed by atoms with Gasteiger partial charge in [-0.2, -0.15) is 0 Å². The smallest absolute Gasteiger partial charge is 0.156 e. The van der Waals surface area contributed by atoms with E-state index in [4.69, 9.17) is 5.73 Å². The Labute approximate surface area is 88.7 Å². The molecule has 0 saturated heterocycles. The molecule has 1 aliphatic rings. The van der Waals surface area contributed by atoms with Crippen molar-refractivity contribution < 1.29 is 8.42 Å². The maximum Gasteiger partial charge on any atom is 0.156 e. The molecule has 1 aromatic rings. The van der Waals surface area contributed by atoms with Crippen molar-refractivity contribution in [1.29, 1.82) is 0 Å². The zero-order valence-electron chi connectivity index (χ0n) is 8.31. The van der Waals surface area contributed by atoms with Crippen LogP contribution >= 0.6 is 0 Å². The van der Waals surface area contributed by atoms with E-state index in [0.717, 1.165) is 11.4 Å². The standard InChI is InChI=1S/C9H13N3O2S/c10-3-1-7-5-11-9-6-15(13,14)4-2-8(9)12-7/h5H,1-4,6,10H2. The molecule has 0 aliphatic carbocycles. The summed E-state index contributed by atoms with van der Waals surface area (Å²) in [6.45, 7) is 0.533. The number of nitrogens with zero attached hydrogens (tertiary/aromatic N) is 2. The Bertz CT molecular complexity index is 470. The Morgan fingerprint density at radius 2 is 2.20 bits per heavy atom. The summed E-state index contributed by atoms with van der Waals surface area (Å²) in [5.74, 6) is 0.207. The molecule has 82 valence electrons. The van der Waals surface area contributed by atoms with Gasteiger partial charge in [-0.1, -0.05) is 0 Å². The second kappa shape index (κ2) is 3.86. The number of hydrogen-bond donors (Lipinski definition) is 1. The molecule has 0 fully saturated rings. The van der Waals surface area contributed by atoms with Crippen LogP contribution in [-0.2, 0) is 28.4 Å². The van der Waals surface area contributed by atoms with Crippen LogP contribution in [0.4, 0.5) is 0 Å². The highest BCUT2D eigenvalue weighted by Crippen LogP contribution is 2.16. The van der Waals surface area contributed by atoms with Gasteiger partial charge in [0.05, 0.1) is 28.6 Å². The Morgan fingerprint density at radius 1 is 1.40 bits per heavy atom. The van der Waals surface area contributed by atoms with E-state index in [2.05, 4.69) is 9.97 Å². The minimum Gasteiger partial charge on any atom is -0.330 e. The van der Waals surface area contributed by atoms with Crippen LogP contribution in [0.25, 0.3) is 0 Å². The van der Waals surface area contributed by atoms with E-state index in [1.165, 1.54) is 0 Å². The highest BCUT2D eigenvalue weighted by molar-refractivity contribution is 7.90. The molecule has 0 bridgehead atoms. The normalized spacial score (nSPS) is 18.5. The third-order valence-electron chi connectivity index (χ3n) is 2.39. The van der Waals surface area contributed by atoms with Gasteiger partial charge in [0, 0.05) is 19.0 Å². The molecule has 0 saturated carbocycles. The lowest BCUT2D eigenvalue weighted by Gasteiger charge is -2.14. The van der Waals surface area contributed by atoms with Crippen LogP contribution < -0.4 is 5.73 Å². The number of rotatable bonds is 2. The Hall–Kier alpha value is -1.01. The summed E-state index contributed by atoms with van der Waals surface area (Å²) < 4.78 is 22.7. The molecule has 0 spiro atoms. The predicted molar refractivity (Wildman–Crippen MR) is 56.0 cm³/mol. The van der Waals surface area contributed by atoms with E-state index < -0.39 is 9.84 Å². The Morgan fingerprint density at radius 3 is 2.93 bits per heavy atom. The summed E-state index contributed by atoms with van der Waals surface area (Å²) in [4.78, 5) is 8.50. The van der Waals surface area contributed by atoms with E-state index >= 15 is 0 Å². The molecular formula is C9H13N3O2S. The number of fused-ring (bicyclic) bond motifs is 1. The summed E-state index contributed by atoms with van der Waals surface area (Å²) in [6, 6.07) is 0. The number of nitrogens with two attached hydrogens (primary N) is 1. The molecule has 0 atom stereocenters. The molecule has 2 heterocycles. The fourth-order valence-electron chi connectivity index (χ4n) is 1.62. The quantitative estimate of drug-likeness (QED) is 0.732. The molecule has 1 aromatic heterocycles. The van der Waals surface area contributed by atoms with Crippen molar-refractivity contribution >= 4 is 9.84 Å². The molecule has 2 rings (SSSR count). The van der Waals surface area contributed by atoms with Crippen LogP contribution in [0, 0.1) is 0 Å². The van der Waals surface area contributed by atoms with Crippen LogP contribution in [-0.4, -0.2) is 30.7 Å². The molecule has 0 unspecified atom stereocenters. The first-order valence-corrected chi connectivity index (χ1v) is 6.67. The first kappa shape index (κ1) is 10.5. The third kappa shape index (κ3) is 2.32. The largest absolute Gasteiger partial charge is 0.330 e. The van der Waals surface area contributed by atoms with Gasteiger partial charge in [-0.05, 0) is 6.54 Å². The molecule has 0 radical (unpaired) electrons. The highest BCUT2D eigenvalue weighted by Gasteiger charge is 2.23. The fourth-order valence-corrected chi connectivity index (χ4v) is 2.92. The lowest BCUT2D eigenvalue weighted by atomic mass is 10.2. The van der Waals surface area contributed by atoms with Crippen molar-refractivity contribution in [1.82, 2.24) is 9.97 Å². The van der Waals surface area contributed by atoms with E-state index in [1.54, 1.807) is 6.20 Å². The summed E-state index contributed by atoms with van der Waals surface area (Å²) in [6.07, 6.45) is 2.78.